The van der Waals surface area contributed by atoms with Gasteiger partial charge in [-0.25, -0.2) is 0 Å². The monoisotopic (exact) mass is 422 g/mol. The second kappa shape index (κ2) is 7.54. The Labute approximate surface area is 165 Å². The van der Waals surface area contributed by atoms with Gasteiger partial charge in [-0.1, -0.05) is 30.7 Å². The minimum absolute atomic E-state index is 0.0477. The molecule has 5 nitrogen and oxygen atoms in total. The number of carbonyl (C=O) groups is 3. The van der Waals surface area contributed by atoms with E-state index in [9.17, 15) is 27.6 Å². The molecule has 2 aliphatic rings. The number of esters is 2. The number of ether oxygens (including phenoxy) is 2. The number of rotatable bonds is 5. The first kappa shape index (κ1) is 22.5. The van der Waals surface area contributed by atoms with Gasteiger partial charge in [0.1, 0.15) is 0 Å². The summed E-state index contributed by atoms with van der Waals surface area (Å²) in [6.07, 6.45) is -3.00. The zero-order valence-corrected chi connectivity index (χ0v) is 16.6. The number of halogens is 4. The van der Waals surface area contributed by atoms with Crippen LogP contribution in [0, 0.1) is 16.2 Å². The number of ketones is 1. The highest BCUT2D eigenvalue weighted by Crippen LogP contribution is 2.66. The van der Waals surface area contributed by atoms with Gasteiger partial charge in [0.2, 0.25) is 0 Å². The van der Waals surface area contributed by atoms with Crippen LogP contribution >= 0.6 is 11.6 Å². The van der Waals surface area contributed by atoms with E-state index < -0.39 is 53.0 Å². The van der Waals surface area contributed by atoms with Crippen LogP contribution in [0.1, 0.15) is 40.0 Å². The minimum atomic E-state index is -4.57. The van der Waals surface area contributed by atoms with Crippen LogP contribution < -0.4 is 0 Å². The average Bonchev–Trinajstić information content (AvgIpc) is 2.80. The molecule has 156 valence electrons. The number of carbonyl (C=O) groups excluding carboxylic acids is 3. The predicted molar refractivity (Wildman–Crippen MR) is 94.2 cm³/mol. The van der Waals surface area contributed by atoms with Crippen LogP contribution in [0.4, 0.5) is 13.2 Å². The van der Waals surface area contributed by atoms with Gasteiger partial charge in [-0.05, 0) is 38.2 Å². The Balaban J connectivity index is 2.66. The molecule has 0 aromatic carbocycles. The summed E-state index contributed by atoms with van der Waals surface area (Å²) in [6.45, 7) is 4.31. The lowest BCUT2D eigenvalue weighted by molar-refractivity contribution is -0.176. The summed E-state index contributed by atoms with van der Waals surface area (Å²) in [7, 11) is 0. The molecule has 0 heterocycles. The summed E-state index contributed by atoms with van der Waals surface area (Å²) in [6, 6.07) is 0. The Morgan fingerprint density at radius 3 is 2.11 bits per heavy atom. The van der Waals surface area contributed by atoms with Crippen molar-refractivity contribution in [1.29, 1.82) is 0 Å². The second-order valence-corrected chi connectivity index (χ2v) is 7.87. The zero-order chi connectivity index (χ0) is 21.4. The summed E-state index contributed by atoms with van der Waals surface area (Å²) in [5.41, 5.74) is -4.99. The molecule has 1 fully saturated rings. The summed E-state index contributed by atoms with van der Waals surface area (Å²) in [4.78, 5) is 37.3. The fourth-order valence-corrected chi connectivity index (χ4v) is 4.58. The van der Waals surface area contributed by atoms with Gasteiger partial charge in [0.25, 0.3) is 0 Å². The molecule has 0 aromatic rings. The highest BCUT2D eigenvalue weighted by molar-refractivity contribution is 6.44. The molecule has 0 N–H and O–H groups in total. The summed E-state index contributed by atoms with van der Waals surface area (Å²) < 4.78 is 50.4. The van der Waals surface area contributed by atoms with Crippen LogP contribution in [0.5, 0.6) is 0 Å². The topological polar surface area (TPSA) is 69.7 Å². The molecule has 0 bridgehead atoms. The quantitative estimate of drug-likeness (QED) is 0.493. The third kappa shape index (κ3) is 3.83. The van der Waals surface area contributed by atoms with Gasteiger partial charge < -0.3 is 9.47 Å². The third-order valence-electron chi connectivity index (χ3n) is 5.48. The molecule has 0 aliphatic heterocycles. The van der Waals surface area contributed by atoms with E-state index in [2.05, 4.69) is 0 Å². The molecule has 0 saturated heterocycles. The van der Waals surface area contributed by atoms with Crippen LogP contribution in [0.3, 0.4) is 0 Å². The zero-order valence-electron chi connectivity index (χ0n) is 15.8. The standard InChI is InChI=1S/C19H22ClF3O5/c1-4-27-14(25)18(15(26)28-5-2)9-16(3,10-19(21,22)23)17(11-18)7-6-13(24)12(20)8-17/h6-8H,4-5,9-11H2,1-3H3. The molecule has 0 radical (unpaired) electrons. The van der Waals surface area contributed by atoms with Gasteiger partial charge in [-0.15, -0.1) is 0 Å². The lowest BCUT2D eigenvalue weighted by Gasteiger charge is -2.41. The van der Waals surface area contributed by atoms with E-state index in [-0.39, 0.29) is 24.7 Å². The number of hydrogen-bond donors (Lipinski definition) is 0. The van der Waals surface area contributed by atoms with Gasteiger partial charge in [0.05, 0.1) is 24.7 Å². The molecular weight excluding hydrogens is 401 g/mol. The van der Waals surface area contributed by atoms with Gasteiger partial charge in [0, 0.05) is 5.41 Å². The van der Waals surface area contributed by atoms with Crippen LogP contribution in [0.2, 0.25) is 0 Å². The van der Waals surface area contributed by atoms with Crippen molar-refractivity contribution in [3.63, 3.8) is 0 Å². The van der Waals surface area contributed by atoms with Gasteiger partial charge in [-0.2, -0.15) is 13.2 Å². The number of allylic oxidation sites excluding steroid dienone is 4. The van der Waals surface area contributed by atoms with E-state index in [1.807, 2.05) is 0 Å². The lowest BCUT2D eigenvalue weighted by Crippen LogP contribution is -2.41. The fourth-order valence-electron chi connectivity index (χ4n) is 4.32. The van der Waals surface area contributed by atoms with Gasteiger partial charge >= 0.3 is 18.1 Å². The SMILES string of the molecule is CCOC(=O)C1(C(=O)OCC)CC2(C=CC(=O)C(Cl)=C2)C(C)(CC(F)(F)F)C1. The fraction of sp³-hybridized carbons (Fsp3) is 0.632. The maximum absolute atomic E-state index is 13.4. The third-order valence-corrected chi connectivity index (χ3v) is 5.78. The van der Waals surface area contributed by atoms with E-state index in [1.54, 1.807) is 0 Å². The first-order valence-corrected chi connectivity index (χ1v) is 9.26. The van der Waals surface area contributed by atoms with Crippen LogP contribution in [-0.4, -0.2) is 37.1 Å². The maximum atomic E-state index is 13.4. The molecule has 0 amide bonds. The highest BCUT2D eigenvalue weighted by Gasteiger charge is 2.68. The van der Waals surface area contributed by atoms with Crippen LogP contribution in [0.15, 0.2) is 23.3 Å². The lowest BCUT2D eigenvalue weighted by atomic mass is 9.63. The Hall–Kier alpha value is -1.83. The molecule has 1 spiro atoms. The Morgan fingerprint density at radius 2 is 1.68 bits per heavy atom. The van der Waals surface area contributed by atoms with Crippen LogP contribution in [-0.2, 0) is 23.9 Å². The van der Waals surface area contributed by atoms with Crippen molar-refractivity contribution in [2.45, 2.75) is 46.2 Å². The molecule has 28 heavy (non-hydrogen) atoms. The van der Waals surface area contributed by atoms with E-state index in [0.717, 1.165) is 6.08 Å². The second-order valence-electron chi connectivity index (χ2n) is 7.46. The molecule has 2 aliphatic carbocycles. The largest absolute Gasteiger partial charge is 0.465 e. The Bertz CT molecular complexity index is 724. The number of alkyl halides is 3. The summed E-state index contributed by atoms with van der Waals surface area (Å²) in [5.74, 6) is -2.42. The van der Waals surface area contributed by atoms with Crippen molar-refractivity contribution in [1.82, 2.24) is 0 Å². The minimum Gasteiger partial charge on any atom is -0.465 e. The normalized spacial score (nSPS) is 29.0. The predicted octanol–water partition coefficient (Wildman–Crippen LogP) is 4.10. The van der Waals surface area contributed by atoms with Crippen molar-refractivity contribution < 1.29 is 37.0 Å². The summed E-state index contributed by atoms with van der Waals surface area (Å²) >= 11 is 5.96. The van der Waals surface area contributed by atoms with E-state index in [0.29, 0.717) is 0 Å². The molecule has 0 aromatic heterocycles. The first-order chi connectivity index (χ1) is 12.8. The van der Waals surface area contributed by atoms with Crippen molar-refractivity contribution in [3.8, 4) is 0 Å². The van der Waals surface area contributed by atoms with E-state index >= 15 is 0 Å². The smallest absolute Gasteiger partial charge is 0.389 e. The van der Waals surface area contributed by atoms with Crippen molar-refractivity contribution >= 4 is 29.3 Å². The Kier molecular flexibility index (Phi) is 6.05. The molecular formula is C19H22ClF3O5. The van der Waals surface area contributed by atoms with E-state index in [1.165, 1.54) is 32.9 Å². The van der Waals surface area contributed by atoms with Crippen molar-refractivity contribution in [3.05, 3.63) is 23.3 Å². The molecule has 2 atom stereocenters. The first-order valence-electron chi connectivity index (χ1n) is 8.88. The average molecular weight is 423 g/mol. The van der Waals surface area contributed by atoms with Crippen molar-refractivity contribution in [2.24, 2.45) is 16.2 Å². The van der Waals surface area contributed by atoms with E-state index in [4.69, 9.17) is 21.1 Å². The van der Waals surface area contributed by atoms with Crippen molar-refractivity contribution in [2.75, 3.05) is 13.2 Å². The maximum Gasteiger partial charge on any atom is 0.389 e. The number of hydrogen-bond acceptors (Lipinski definition) is 5. The highest BCUT2D eigenvalue weighted by atomic mass is 35.5. The Morgan fingerprint density at radius 1 is 1.14 bits per heavy atom. The van der Waals surface area contributed by atoms with Crippen LogP contribution in [0.25, 0.3) is 0 Å². The summed E-state index contributed by atoms with van der Waals surface area (Å²) in [5, 5.41) is -0.251. The molecule has 2 unspecified atom stereocenters. The molecule has 1 saturated carbocycles. The van der Waals surface area contributed by atoms with Gasteiger partial charge in [0.15, 0.2) is 11.2 Å². The molecule has 2 rings (SSSR count). The van der Waals surface area contributed by atoms with Gasteiger partial charge in [-0.3, -0.25) is 14.4 Å². The molecule has 9 heteroatoms.